The minimum Gasteiger partial charge on any atom is -0.381 e. The standard InChI is InChI=1S/C13H16N2O3/c1-9-3-2-4-10(7-9)5-6-12(17)15-8-11(16)13(14)18/h2-7,11,16H,8H2,1H3,(H2,14,18)(H,15,17)/b6-5+. The van der Waals surface area contributed by atoms with Gasteiger partial charge in [0, 0.05) is 6.08 Å². The fraction of sp³-hybridized carbons (Fsp3) is 0.231. The molecule has 96 valence electrons. The number of aliphatic hydroxyl groups excluding tert-OH is 1. The first kappa shape index (κ1) is 13.9. The van der Waals surface area contributed by atoms with Crippen molar-refractivity contribution in [2.24, 2.45) is 5.73 Å². The van der Waals surface area contributed by atoms with Crippen LogP contribution in [-0.2, 0) is 9.59 Å². The first-order chi connectivity index (χ1) is 8.49. The smallest absolute Gasteiger partial charge is 0.248 e. The Morgan fingerprint density at radius 1 is 1.50 bits per heavy atom. The molecule has 1 aromatic carbocycles. The second kappa shape index (κ2) is 6.56. The van der Waals surface area contributed by atoms with E-state index in [1.807, 2.05) is 31.2 Å². The fourth-order valence-corrected chi connectivity index (χ4v) is 1.30. The normalized spacial score (nSPS) is 12.3. The SMILES string of the molecule is Cc1cccc(/C=C/C(=O)NCC(O)C(N)=O)c1. The van der Waals surface area contributed by atoms with E-state index in [1.165, 1.54) is 6.08 Å². The average molecular weight is 248 g/mol. The number of aliphatic hydroxyl groups is 1. The number of primary amides is 1. The van der Waals surface area contributed by atoms with Gasteiger partial charge in [-0.3, -0.25) is 9.59 Å². The topological polar surface area (TPSA) is 92.4 Å². The summed E-state index contributed by atoms with van der Waals surface area (Å²) in [5, 5.41) is 11.5. The van der Waals surface area contributed by atoms with E-state index >= 15 is 0 Å². The van der Waals surface area contributed by atoms with Gasteiger partial charge in [-0.15, -0.1) is 0 Å². The summed E-state index contributed by atoms with van der Waals surface area (Å²) >= 11 is 0. The molecule has 0 heterocycles. The Hall–Kier alpha value is -2.14. The molecule has 18 heavy (non-hydrogen) atoms. The molecule has 0 spiro atoms. The predicted molar refractivity (Wildman–Crippen MR) is 68.4 cm³/mol. The van der Waals surface area contributed by atoms with Crippen molar-refractivity contribution in [3.8, 4) is 0 Å². The van der Waals surface area contributed by atoms with Crippen molar-refractivity contribution in [1.29, 1.82) is 0 Å². The van der Waals surface area contributed by atoms with Gasteiger partial charge in [0.15, 0.2) is 0 Å². The molecule has 0 aliphatic rings. The number of carbonyl (C=O) groups is 2. The van der Waals surface area contributed by atoms with Crippen molar-refractivity contribution in [2.75, 3.05) is 6.54 Å². The highest BCUT2D eigenvalue weighted by atomic mass is 16.3. The molecule has 0 saturated carbocycles. The van der Waals surface area contributed by atoms with Gasteiger partial charge < -0.3 is 16.2 Å². The quantitative estimate of drug-likeness (QED) is 0.639. The van der Waals surface area contributed by atoms with Crippen molar-refractivity contribution >= 4 is 17.9 Å². The van der Waals surface area contributed by atoms with Crippen LogP contribution in [0.5, 0.6) is 0 Å². The summed E-state index contributed by atoms with van der Waals surface area (Å²) in [7, 11) is 0. The Balaban J connectivity index is 2.47. The van der Waals surface area contributed by atoms with E-state index in [1.54, 1.807) is 6.08 Å². The van der Waals surface area contributed by atoms with Gasteiger partial charge in [-0.2, -0.15) is 0 Å². The summed E-state index contributed by atoms with van der Waals surface area (Å²) in [6.45, 7) is 1.77. The summed E-state index contributed by atoms with van der Waals surface area (Å²) in [6, 6.07) is 7.65. The van der Waals surface area contributed by atoms with Crippen molar-refractivity contribution in [3.63, 3.8) is 0 Å². The van der Waals surface area contributed by atoms with E-state index < -0.39 is 17.9 Å². The zero-order chi connectivity index (χ0) is 13.5. The minimum atomic E-state index is -1.36. The highest BCUT2D eigenvalue weighted by Gasteiger charge is 2.10. The maximum absolute atomic E-state index is 11.4. The van der Waals surface area contributed by atoms with E-state index in [0.717, 1.165) is 11.1 Å². The molecule has 0 aromatic heterocycles. The Kier molecular flexibility index (Phi) is 5.07. The Morgan fingerprint density at radius 2 is 2.22 bits per heavy atom. The number of benzene rings is 1. The van der Waals surface area contributed by atoms with Crippen LogP contribution in [0.1, 0.15) is 11.1 Å². The van der Waals surface area contributed by atoms with E-state index in [4.69, 9.17) is 10.8 Å². The van der Waals surface area contributed by atoms with Crippen LogP contribution in [0.3, 0.4) is 0 Å². The molecule has 0 fully saturated rings. The molecule has 0 radical (unpaired) electrons. The second-order valence-electron chi connectivity index (χ2n) is 3.91. The number of hydrogen-bond donors (Lipinski definition) is 3. The molecule has 2 amide bonds. The lowest BCUT2D eigenvalue weighted by Crippen LogP contribution is -2.39. The molecule has 0 saturated heterocycles. The van der Waals surface area contributed by atoms with Crippen LogP contribution in [0.15, 0.2) is 30.3 Å². The van der Waals surface area contributed by atoms with E-state index in [0.29, 0.717) is 0 Å². The molecule has 1 aromatic rings. The zero-order valence-corrected chi connectivity index (χ0v) is 10.1. The molecule has 1 unspecified atom stereocenters. The molecular formula is C13H16N2O3. The summed E-state index contributed by atoms with van der Waals surface area (Å²) < 4.78 is 0. The van der Waals surface area contributed by atoms with Gasteiger partial charge in [0.2, 0.25) is 11.8 Å². The third-order valence-electron chi connectivity index (χ3n) is 2.27. The van der Waals surface area contributed by atoms with Crippen LogP contribution in [0.2, 0.25) is 0 Å². The first-order valence-electron chi connectivity index (χ1n) is 5.49. The van der Waals surface area contributed by atoms with Crippen LogP contribution >= 0.6 is 0 Å². The third-order valence-corrected chi connectivity index (χ3v) is 2.27. The average Bonchev–Trinajstić information content (AvgIpc) is 2.33. The van der Waals surface area contributed by atoms with Gasteiger partial charge in [0.25, 0.3) is 0 Å². The summed E-state index contributed by atoms with van der Waals surface area (Å²) in [4.78, 5) is 21.9. The Bertz CT molecular complexity index is 469. The van der Waals surface area contributed by atoms with Gasteiger partial charge >= 0.3 is 0 Å². The maximum Gasteiger partial charge on any atom is 0.248 e. The highest BCUT2D eigenvalue weighted by molar-refractivity contribution is 5.92. The number of aryl methyl sites for hydroxylation is 1. The molecule has 4 N–H and O–H groups in total. The molecule has 0 aliphatic carbocycles. The Labute approximate surface area is 105 Å². The van der Waals surface area contributed by atoms with Crippen LogP contribution in [0, 0.1) is 6.92 Å². The number of amides is 2. The molecule has 5 nitrogen and oxygen atoms in total. The van der Waals surface area contributed by atoms with Crippen molar-refractivity contribution < 1.29 is 14.7 Å². The molecule has 1 rings (SSSR count). The molecule has 0 bridgehead atoms. The van der Waals surface area contributed by atoms with Crippen LogP contribution in [0.4, 0.5) is 0 Å². The van der Waals surface area contributed by atoms with E-state index in [-0.39, 0.29) is 6.54 Å². The Morgan fingerprint density at radius 3 is 2.83 bits per heavy atom. The highest BCUT2D eigenvalue weighted by Crippen LogP contribution is 2.05. The van der Waals surface area contributed by atoms with Crippen LogP contribution in [0.25, 0.3) is 6.08 Å². The summed E-state index contributed by atoms with van der Waals surface area (Å²) in [6.07, 6.45) is 1.63. The molecule has 0 aliphatic heterocycles. The number of nitrogens with two attached hydrogens (primary N) is 1. The zero-order valence-electron chi connectivity index (χ0n) is 10.1. The predicted octanol–water partition coefficient (Wildman–Crippen LogP) is -0.0294. The molecular weight excluding hydrogens is 232 g/mol. The number of carbonyl (C=O) groups excluding carboxylic acids is 2. The van der Waals surface area contributed by atoms with E-state index in [2.05, 4.69) is 5.32 Å². The van der Waals surface area contributed by atoms with Crippen molar-refractivity contribution in [2.45, 2.75) is 13.0 Å². The summed E-state index contributed by atoms with van der Waals surface area (Å²) in [5.74, 6) is -1.25. The second-order valence-corrected chi connectivity index (χ2v) is 3.91. The van der Waals surface area contributed by atoms with Gasteiger partial charge in [-0.1, -0.05) is 29.8 Å². The number of rotatable bonds is 5. The monoisotopic (exact) mass is 248 g/mol. The van der Waals surface area contributed by atoms with Gasteiger partial charge in [0.1, 0.15) is 6.10 Å². The van der Waals surface area contributed by atoms with Crippen molar-refractivity contribution in [3.05, 3.63) is 41.5 Å². The third kappa shape index (κ3) is 4.80. The van der Waals surface area contributed by atoms with Gasteiger partial charge in [0.05, 0.1) is 6.54 Å². The lowest BCUT2D eigenvalue weighted by Gasteiger charge is -2.06. The minimum absolute atomic E-state index is 0.188. The van der Waals surface area contributed by atoms with Gasteiger partial charge in [-0.05, 0) is 18.6 Å². The van der Waals surface area contributed by atoms with Crippen LogP contribution in [-0.4, -0.2) is 29.6 Å². The lowest BCUT2D eigenvalue weighted by molar-refractivity contribution is -0.126. The molecule has 5 heteroatoms. The summed E-state index contributed by atoms with van der Waals surface area (Å²) in [5.41, 5.74) is 6.85. The fourth-order valence-electron chi connectivity index (χ4n) is 1.30. The van der Waals surface area contributed by atoms with Crippen molar-refractivity contribution in [1.82, 2.24) is 5.32 Å². The molecule has 1 atom stereocenters. The number of nitrogens with one attached hydrogen (secondary N) is 1. The maximum atomic E-state index is 11.4. The van der Waals surface area contributed by atoms with Gasteiger partial charge in [-0.25, -0.2) is 0 Å². The first-order valence-corrected chi connectivity index (χ1v) is 5.49. The van der Waals surface area contributed by atoms with Crippen LogP contribution < -0.4 is 11.1 Å². The lowest BCUT2D eigenvalue weighted by atomic mass is 10.1. The van der Waals surface area contributed by atoms with E-state index in [9.17, 15) is 9.59 Å². The number of hydrogen-bond acceptors (Lipinski definition) is 3. The largest absolute Gasteiger partial charge is 0.381 e.